The van der Waals surface area contributed by atoms with Gasteiger partial charge in [-0.2, -0.15) is 0 Å². The molecule has 4 nitrogen and oxygen atoms in total. The van der Waals surface area contributed by atoms with Gasteiger partial charge in [0.1, 0.15) is 5.75 Å². The van der Waals surface area contributed by atoms with Crippen LogP contribution in [0.25, 0.3) is 0 Å². The fraction of sp³-hybridized carbons (Fsp3) is 0.250. The van der Waals surface area contributed by atoms with Gasteiger partial charge in [0.15, 0.2) is 0 Å². The van der Waals surface area contributed by atoms with Crippen LogP contribution in [0.5, 0.6) is 5.75 Å². The van der Waals surface area contributed by atoms with Crippen LogP contribution < -0.4 is 10.5 Å². The topological polar surface area (TPSA) is 53.1 Å². The number of benzene rings is 1. The zero-order valence-electron chi connectivity index (χ0n) is 9.88. The van der Waals surface area contributed by atoms with Gasteiger partial charge in [-0.3, -0.25) is 0 Å². The van der Waals surface area contributed by atoms with Crippen molar-refractivity contribution in [2.45, 2.75) is 10.6 Å². The van der Waals surface area contributed by atoms with E-state index in [2.05, 4.69) is 4.98 Å². The van der Waals surface area contributed by atoms with Gasteiger partial charge < -0.3 is 15.0 Å². The van der Waals surface area contributed by atoms with E-state index >= 15 is 0 Å². The molecular weight excluding hydrogens is 234 g/mol. The zero-order valence-corrected chi connectivity index (χ0v) is 10.7. The standard InChI is InChI=1S/C12H15N3OS/c1-15-8-14-6-10(15)7-17-12-4-3-9(13)5-11(12)16-2/h3-6,8H,7,13H2,1-2H3. The van der Waals surface area contributed by atoms with Gasteiger partial charge in [0.25, 0.3) is 0 Å². The molecule has 0 saturated heterocycles. The Morgan fingerprint density at radius 1 is 1.47 bits per heavy atom. The fourth-order valence-corrected chi connectivity index (χ4v) is 2.51. The average Bonchev–Trinajstić information content (AvgIpc) is 2.73. The summed E-state index contributed by atoms with van der Waals surface area (Å²) in [7, 11) is 3.64. The van der Waals surface area contributed by atoms with Crippen molar-refractivity contribution in [1.82, 2.24) is 9.55 Å². The van der Waals surface area contributed by atoms with Crippen LogP contribution in [-0.4, -0.2) is 16.7 Å². The smallest absolute Gasteiger partial charge is 0.134 e. The van der Waals surface area contributed by atoms with Crippen LogP contribution in [0.1, 0.15) is 5.69 Å². The summed E-state index contributed by atoms with van der Waals surface area (Å²) < 4.78 is 7.31. The van der Waals surface area contributed by atoms with Crippen molar-refractivity contribution in [3.63, 3.8) is 0 Å². The van der Waals surface area contributed by atoms with Gasteiger partial charge in [-0.15, -0.1) is 11.8 Å². The lowest BCUT2D eigenvalue weighted by molar-refractivity contribution is 0.405. The zero-order chi connectivity index (χ0) is 12.3. The molecule has 2 aromatic rings. The molecule has 0 atom stereocenters. The molecule has 0 bridgehead atoms. The van der Waals surface area contributed by atoms with E-state index in [1.54, 1.807) is 25.2 Å². The molecule has 0 amide bonds. The highest BCUT2D eigenvalue weighted by molar-refractivity contribution is 7.98. The van der Waals surface area contributed by atoms with Crippen LogP contribution >= 0.6 is 11.8 Å². The Kier molecular flexibility index (Phi) is 3.58. The number of aryl methyl sites for hydroxylation is 1. The third-order valence-corrected chi connectivity index (χ3v) is 3.57. The molecule has 0 fully saturated rings. The van der Waals surface area contributed by atoms with Gasteiger partial charge in [0.05, 0.1) is 13.4 Å². The normalized spacial score (nSPS) is 10.5. The summed E-state index contributed by atoms with van der Waals surface area (Å²) in [5.74, 6) is 1.67. The Balaban J connectivity index is 2.11. The van der Waals surface area contributed by atoms with Crippen molar-refractivity contribution < 1.29 is 4.74 Å². The molecule has 90 valence electrons. The Hall–Kier alpha value is -1.62. The van der Waals surface area contributed by atoms with Crippen LogP contribution in [0, 0.1) is 0 Å². The van der Waals surface area contributed by atoms with Crippen molar-refractivity contribution in [3.8, 4) is 5.75 Å². The van der Waals surface area contributed by atoms with Crippen molar-refractivity contribution in [3.05, 3.63) is 36.4 Å². The molecule has 0 spiro atoms. The number of thioether (sulfide) groups is 1. The number of methoxy groups -OCH3 is 1. The van der Waals surface area contributed by atoms with E-state index in [1.807, 2.05) is 36.0 Å². The highest BCUT2D eigenvalue weighted by Gasteiger charge is 2.06. The molecular formula is C12H15N3OS. The Morgan fingerprint density at radius 3 is 2.94 bits per heavy atom. The second-order valence-corrected chi connectivity index (χ2v) is 4.71. The first-order valence-electron chi connectivity index (χ1n) is 5.22. The van der Waals surface area contributed by atoms with Gasteiger partial charge >= 0.3 is 0 Å². The average molecular weight is 249 g/mol. The highest BCUT2D eigenvalue weighted by Crippen LogP contribution is 2.32. The molecule has 0 saturated carbocycles. The minimum atomic E-state index is 0.715. The summed E-state index contributed by atoms with van der Waals surface area (Å²) in [4.78, 5) is 5.18. The highest BCUT2D eigenvalue weighted by atomic mass is 32.2. The van der Waals surface area contributed by atoms with Crippen LogP contribution in [0.4, 0.5) is 5.69 Å². The number of imidazole rings is 1. The van der Waals surface area contributed by atoms with Gasteiger partial charge in [-0.25, -0.2) is 4.98 Å². The van der Waals surface area contributed by atoms with Crippen LogP contribution in [0.15, 0.2) is 35.6 Å². The van der Waals surface area contributed by atoms with Crippen LogP contribution in [0.2, 0.25) is 0 Å². The maximum absolute atomic E-state index is 5.71. The molecule has 17 heavy (non-hydrogen) atoms. The first-order valence-corrected chi connectivity index (χ1v) is 6.21. The third-order valence-electron chi connectivity index (χ3n) is 2.48. The molecule has 1 aromatic heterocycles. The molecule has 2 rings (SSSR count). The predicted octanol–water partition coefficient (Wildman–Crippen LogP) is 2.30. The van der Waals surface area contributed by atoms with E-state index in [-0.39, 0.29) is 0 Å². The van der Waals surface area contributed by atoms with E-state index in [9.17, 15) is 0 Å². The summed E-state index contributed by atoms with van der Waals surface area (Å²) >= 11 is 1.71. The SMILES string of the molecule is COc1cc(N)ccc1SCc1cncn1C. The number of nitrogens with two attached hydrogens (primary N) is 1. The maximum atomic E-state index is 5.71. The lowest BCUT2D eigenvalue weighted by Gasteiger charge is -2.09. The minimum Gasteiger partial charge on any atom is -0.496 e. The largest absolute Gasteiger partial charge is 0.496 e. The monoisotopic (exact) mass is 249 g/mol. The summed E-state index contributed by atoms with van der Waals surface area (Å²) in [6, 6.07) is 5.70. The first kappa shape index (κ1) is 11.9. The molecule has 2 N–H and O–H groups in total. The van der Waals surface area contributed by atoms with Gasteiger partial charge in [-0.1, -0.05) is 0 Å². The Labute approximate surface area is 105 Å². The molecule has 0 unspecified atom stereocenters. The molecule has 1 heterocycles. The lowest BCUT2D eigenvalue weighted by Crippen LogP contribution is -1.94. The quantitative estimate of drug-likeness (QED) is 0.667. The molecule has 0 aliphatic heterocycles. The Bertz CT molecular complexity index is 510. The van der Waals surface area contributed by atoms with E-state index in [4.69, 9.17) is 10.5 Å². The number of aromatic nitrogens is 2. The van der Waals surface area contributed by atoms with Gasteiger partial charge in [-0.05, 0) is 12.1 Å². The molecule has 0 aliphatic rings. The summed E-state index contributed by atoms with van der Waals surface area (Å²) in [5, 5.41) is 0. The number of ether oxygens (including phenoxy) is 1. The second-order valence-electron chi connectivity index (χ2n) is 3.69. The third kappa shape index (κ3) is 2.74. The van der Waals surface area contributed by atoms with Crippen LogP contribution in [0.3, 0.4) is 0 Å². The molecule has 1 aromatic carbocycles. The molecule has 5 heteroatoms. The molecule has 0 aliphatic carbocycles. The predicted molar refractivity (Wildman–Crippen MR) is 70.2 cm³/mol. The minimum absolute atomic E-state index is 0.715. The molecule has 0 radical (unpaired) electrons. The fourth-order valence-electron chi connectivity index (χ4n) is 1.48. The van der Waals surface area contributed by atoms with Crippen molar-refractivity contribution in [2.75, 3.05) is 12.8 Å². The summed E-state index contributed by atoms with van der Waals surface area (Å²) in [6.07, 6.45) is 3.67. The number of anilines is 1. The van der Waals surface area contributed by atoms with Gasteiger partial charge in [0, 0.05) is 41.3 Å². The Morgan fingerprint density at radius 2 is 2.29 bits per heavy atom. The van der Waals surface area contributed by atoms with Crippen molar-refractivity contribution in [2.24, 2.45) is 7.05 Å². The van der Waals surface area contributed by atoms with E-state index in [0.29, 0.717) is 5.69 Å². The van der Waals surface area contributed by atoms with Crippen LogP contribution in [-0.2, 0) is 12.8 Å². The first-order chi connectivity index (χ1) is 8.20. The second kappa shape index (κ2) is 5.14. The number of hydrogen-bond acceptors (Lipinski definition) is 4. The van der Waals surface area contributed by atoms with E-state index in [0.717, 1.165) is 16.4 Å². The summed E-state index contributed by atoms with van der Waals surface area (Å²) in [5.41, 5.74) is 7.60. The maximum Gasteiger partial charge on any atom is 0.134 e. The van der Waals surface area contributed by atoms with E-state index in [1.165, 1.54) is 5.69 Å². The van der Waals surface area contributed by atoms with Crippen molar-refractivity contribution >= 4 is 17.4 Å². The number of rotatable bonds is 4. The van der Waals surface area contributed by atoms with Gasteiger partial charge in [0.2, 0.25) is 0 Å². The lowest BCUT2D eigenvalue weighted by atomic mass is 10.3. The number of nitrogens with zero attached hydrogens (tertiary/aromatic N) is 2. The number of nitrogen functional groups attached to an aromatic ring is 1. The number of hydrogen-bond donors (Lipinski definition) is 1. The van der Waals surface area contributed by atoms with Crippen molar-refractivity contribution in [1.29, 1.82) is 0 Å². The summed E-state index contributed by atoms with van der Waals surface area (Å²) in [6.45, 7) is 0. The van der Waals surface area contributed by atoms with E-state index < -0.39 is 0 Å².